The zero-order valence-electron chi connectivity index (χ0n) is 35.0. The molecule has 0 aliphatic heterocycles. The van der Waals surface area contributed by atoms with Crippen molar-refractivity contribution < 1.29 is 0 Å². The fraction of sp³-hybridized carbons (Fsp3) is 0.0323. The number of hydrogen-bond acceptors (Lipinski definition) is 2. The van der Waals surface area contributed by atoms with Crippen molar-refractivity contribution in [3.8, 4) is 22.3 Å². The van der Waals surface area contributed by atoms with Gasteiger partial charge in [0.1, 0.15) is 0 Å². The van der Waals surface area contributed by atoms with Gasteiger partial charge in [-0.2, -0.15) is 0 Å². The predicted molar refractivity (Wildman–Crippen MR) is 269 cm³/mol. The van der Waals surface area contributed by atoms with Gasteiger partial charge in [0, 0.05) is 26.7 Å². The Balaban J connectivity index is 1.11. The molecular weight excluding hydrogens is 791 g/mol. The van der Waals surface area contributed by atoms with Crippen LogP contribution in [0.4, 0.5) is 17.1 Å². The lowest BCUT2D eigenvalue weighted by Crippen LogP contribution is -2.30. The first-order chi connectivity index (χ1) is 31.8. The second-order valence-corrected chi connectivity index (χ2v) is 18.1. The molecule has 0 radical (unpaired) electrons. The Labute approximate surface area is 377 Å². The van der Waals surface area contributed by atoms with Crippen LogP contribution in [0.1, 0.15) is 44.5 Å². The van der Waals surface area contributed by atoms with Crippen LogP contribution in [-0.2, 0) is 10.8 Å². The zero-order chi connectivity index (χ0) is 42.2. The van der Waals surface area contributed by atoms with E-state index in [1.54, 1.807) is 0 Å². The van der Waals surface area contributed by atoms with Gasteiger partial charge in [-0.3, -0.25) is 0 Å². The molecule has 0 fully saturated rings. The molecule has 0 amide bonds. The lowest BCUT2D eigenvalue weighted by Gasteiger charge is -2.38. The SMILES string of the molecule is c1ccc(C2(c3ccc(N(c4cccc5c4C(c4ccccc4)(c4ccccc4)c4ccccc4-5)c4cccc5c4sc4ccccc45)cc3)c3ccccc3-c3ccccc32)cc1. The van der Waals surface area contributed by atoms with E-state index in [0.717, 1.165) is 11.4 Å². The highest BCUT2D eigenvalue weighted by atomic mass is 32.1. The van der Waals surface area contributed by atoms with E-state index in [0.29, 0.717) is 0 Å². The van der Waals surface area contributed by atoms with Crippen LogP contribution in [0.3, 0.4) is 0 Å². The number of benzene rings is 10. The van der Waals surface area contributed by atoms with Crippen molar-refractivity contribution in [1.29, 1.82) is 0 Å². The van der Waals surface area contributed by atoms with Crippen LogP contribution in [0.2, 0.25) is 0 Å². The maximum absolute atomic E-state index is 2.57. The zero-order valence-corrected chi connectivity index (χ0v) is 35.8. The average molecular weight is 832 g/mol. The van der Waals surface area contributed by atoms with E-state index in [1.165, 1.54) is 92.6 Å². The molecule has 300 valence electrons. The Morgan fingerprint density at radius 1 is 0.297 bits per heavy atom. The summed E-state index contributed by atoms with van der Waals surface area (Å²) in [6.45, 7) is 0. The first kappa shape index (κ1) is 36.8. The fourth-order valence-electron chi connectivity index (χ4n) is 11.6. The minimum atomic E-state index is -0.591. The van der Waals surface area contributed by atoms with Crippen LogP contribution < -0.4 is 4.90 Å². The number of rotatable bonds is 7. The Hall–Kier alpha value is -7.78. The molecule has 2 aliphatic rings. The van der Waals surface area contributed by atoms with Gasteiger partial charge in [0.2, 0.25) is 0 Å². The molecule has 64 heavy (non-hydrogen) atoms. The molecule has 1 aromatic heterocycles. The predicted octanol–water partition coefficient (Wildman–Crippen LogP) is 16.3. The summed E-state index contributed by atoms with van der Waals surface area (Å²) >= 11 is 1.88. The number of nitrogens with zero attached hydrogens (tertiary/aromatic N) is 1. The van der Waals surface area contributed by atoms with Gasteiger partial charge in [-0.05, 0) is 91.5 Å². The second kappa shape index (κ2) is 14.4. The first-order valence-electron chi connectivity index (χ1n) is 22.2. The van der Waals surface area contributed by atoms with Gasteiger partial charge in [0.05, 0.1) is 26.9 Å². The minimum absolute atomic E-state index is 0.491. The van der Waals surface area contributed by atoms with Gasteiger partial charge in [0.25, 0.3) is 0 Å². The van der Waals surface area contributed by atoms with E-state index in [4.69, 9.17) is 0 Å². The smallest absolute Gasteiger partial charge is 0.0734 e. The van der Waals surface area contributed by atoms with E-state index in [2.05, 4.69) is 254 Å². The monoisotopic (exact) mass is 831 g/mol. The molecule has 1 heterocycles. The van der Waals surface area contributed by atoms with Crippen LogP contribution in [0.15, 0.2) is 249 Å². The number of hydrogen-bond donors (Lipinski definition) is 0. The first-order valence-corrected chi connectivity index (χ1v) is 23.0. The maximum Gasteiger partial charge on any atom is 0.0734 e. The summed E-state index contributed by atoms with van der Waals surface area (Å²) in [4.78, 5) is 2.57. The summed E-state index contributed by atoms with van der Waals surface area (Å²) in [6, 6.07) is 92.7. The molecule has 0 unspecified atom stereocenters. The van der Waals surface area contributed by atoms with Crippen LogP contribution >= 0.6 is 11.3 Å². The van der Waals surface area contributed by atoms with E-state index < -0.39 is 10.8 Å². The van der Waals surface area contributed by atoms with Crippen molar-refractivity contribution in [3.63, 3.8) is 0 Å². The Bertz CT molecular complexity index is 3470. The molecule has 0 bridgehead atoms. The topological polar surface area (TPSA) is 3.24 Å². The Kier molecular flexibility index (Phi) is 8.28. The lowest BCUT2D eigenvalue weighted by atomic mass is 9.67. The molecule has 10 aromatic carbocycles. The largest absolute Gasteiger partial charge is 0.309 e. The maximum atomic E-state index is 2.57. The quantitative estimate of drug-likeness (QED) is 0.155. The summed E-state index contributed by atoms with van der Waals surface area (Å²) in [5.41, 5.74) is 17.7. The highest BCUT2D eigenvalue weighted by molar-refractivity contribution is 7.26. The molecule has 0 saturated heterocycles. The van der Waals surface area contributed by atoms with Crippen LogP contribution in [0, 0.1) is 0 Å². The fourth-order valence-corrected chi connectivity index (χ4v) is 12.8. The molecular formula is C62H41NS. The lowest BCUT2D eigenvalue weighted by molar-refractivity contribution is 0.766. The molecule has 0 atom stereocenters. The molecule has 2 heteroatoms. The van der Waals surface area contributed by atoms with Gasteiger partial charge in [-0.1, -0.05) is 218 Å². The summed E-state index contributed by atoms with van der Waals surface area (Å²) < 4.78 is 2.56. The van der Waals surface area contributed by atoms with Crippen molar-refractivity contribution in [2.45, 2.75) is 10.8 Å². The van der Waals surface area contributed by atoms with Crippen molar-refractivity contribution in [2.24, 2.45) is 0 Å². The molecule has 13 rings (SSSR count). The van der Waals surface area contributed by atoms with E-state index >= 15 is 0 Å². The third-order valence-electron chi connectivity index (χ3n) is 14.0. The summed E-state index contributed by atoms with van der Waals surface area (Å²) in [5, 5.41) is 2.56. The standard InChI is InChI=1S/C62H41NS/c1-4-20-42(21-5-1)61(53-32-14-10-26-47(53)48-27-11-15-33-54(48)61)45-38-40-46(41-39-45)63(57-36-19-31-52-50-29-13-17-37-58(50)64-60(52)57)56-35-18-30-51-49-28-12-16-34-55(49)62(59(51)56,43-22-6-2-7-23-43)44-24-8-3-9-25-44/h1-41H. The summed E-state index contributed by atoms with van der Waals surface area (Å²) in [6.07, 6.45) is 0. The third kappa shape index (κ3) is 5.06. The van der Waals surface area contributed by atoms with Gasteiger partial charge in [0.15, 0.2) is 0 Å². The van der Waals surface area contributed by atoms with Crippen LogP contribution in [-0.4, -0.2) is 0 Å². The van der Waals surface area contributed by atoms with Gasteiger partial charge in [-0.15, -0.1) is 11.3 Å². The van der Waals surface area contributed by atoms with Crippen LogP contribution in [0.5, 0.6) is 0 Å². The molecule has 11 aromatic rings. The highest BCUT2D eigenvalue weighted by Gasteiger charge is 2.49. The summed E-state index contributed by atoms with van der Waals surface area (Å²) in [7, 11) is 0. The van der Waals surface area contributed by atoms with E-state index in [-0.39, 0.29) is 0 Å². The normalized spacial score (nSPS) is 13.9. The van der Waals surface area contributed by atoms with Crippen molar-refractivity contribution in [1.82, 2.24) is 0 Å². The van der Waals surface area contributed by atoms with E-state index in [1.807, 2.05) is 11.3 Å². The second-order valence-electron chi connectivity index (χ2n) is 17.1. The molecule has 0 spiro atoms. The van der Waals surface area contributed by atoms with Gasteiger partial charge < -0.3 is 4.90 Å². The van der Waals surface area contributed by atoms with Crippen molar-refractivity contribution >= 4 is 48.6 Å². The van der Waals surface area contributed by atoms with E-state index in [9.17, 15) is 0 Å². The number of fused-ring (bicyclic) bond motifs is 9. The minimum Gasteiger partial charge on any atom is -0.309 e. The van der Waals surface area contributed by atoms with Crippen molar-refractivity contribution in [3.05, 3.63) is 293 Å². The van der Waals surface area contributed by atoms with Crippen molar-refractivity contribution in [2.75, 3.05) is 4.90 Å². The van der Waals surface area contributed by atoms with Crippen LogP contribution in [0.25, 0.3) is 42.4 Å². The molecule has 2 aliphatic carbocycles. The Morgan fingerprint density at radius 3 is 1.33 bits per heavy atom. The molecule has 0 N–H and O–H groups in total. The molecule has 1 nitrogen and oxygen atoms in total. The Morgan fingerprint density at radius 2 is 0.719 bits per heavy atom. The van der Waals surface area contributed by atoms with Gasteiger partial charge in [-0.25, -0.2) is 0 Å². The number of anilines is 3. The average Bonchev–Trinajstić information content (AvgIpc) is 4.01. The molecule has 0 saturated carbocycles. The summed E-state index contributed by atoms with van der Waals surface area (Å²) in [5.74, 6) is 0. The third-order valence-corrected chi connectivity index (χ3v) is 15.2. The van der Waals surface area contributed by atoms with Gasteiger partial charge >= 0.3 is 0 Å². The highest BCUT2D eigenvalue weighted by Crippen LogP contribution is 2.61. The number of thiophene rings is 1.